The fraction of sp³-hybridized carbons (Fsp3) is 0.226. The Labute approximate surface area is 238 Å². The number of carbonyl (C=O) groups is 1. The molecule has 1 unspecified atom stereocenters. The van der Waals surface area contributed by atoms with Gasteiger partial charge in [-0.1, -0.05) is 12.1 Å². The van der Waals surface area contributed by atoms with Gasteiger partial charge in [-0.3, -0.25) is 9.78 Å². The average Bonchev–Trinajstić information content (AvgIpc) is 3.00. The number of carbonyl (C=O) groups excluding carboxylic acids is 1. The van der Waals surface area contributed by atoms with Crippen molar-refractivity contribution in [1.82, 2.24) is 19.9 Å². The largest absolute Gasteiger partial charge is 0.497 e. The number of pyridine rings is 1. The molecule has 1 aliphatic rings. The average molecular weight is 553 g/mol. The van der Waals surface area contributed by atoms with Crippen LogP contribution < -0.4 is 25.7 Å². The smallest absolute Gasteiger partial charge is 0.221 e. The van der Waals surface area contributed by atoms with E-state index in [-0.39, 0.29) is 12.0 Å². The number of methoxy groups -OCH3 is 3. The molecule has 2 aromatic carbocycles. The van der Waals surface area contributed by atoms with Crippen LogP contribution in [-0.2, 0) is 17.6 Å². The number of benzene rings is 2. The SMILES string of the molecule is COc1ccc2c(c1)C(c1ccccn1)N(C(=CC=O)c1cc(Cc3cnc(N)nc3N)cc(OC)c1OC)CC2. The van der Waals surface area contributed by atoms with E-state index in [2.05, 4.69) is 20.9 Å². The summed E-state index contributed by atoms with van der Waals surface area (Å²) in [6.07, 6.45) is 6.91. The molecule has 5 rings (SSSR count). The van der Waals surface area contributed by atoms with E-state index in [9.17, 15) is 4.79 Å². The fourth-order valence-corrected chi connectivity index (χ4v) is 5.35. The zero-order valence-electron chi connectivity index (χ0n) is 23.2. The molecule has 0 radical (unpaired) electrons. The van der Waals surface area contributed by atoms with Crippen molar-refractivity contribution in [2.75, 3.05) is 39.3 Å². The Hall–Kier alpha value is -5.12. The highest BCUT2D eigenvalue weighted by atomic mass is 16.5. The van der Waals surface area contributed by atoms with Gasteiger partial charge in [0.1, 0.15) is 17.9 Å². The Morgan fingerprint density at radius 3 is 2.59 bits per heavy atom. The normalized spacial score (nSPS) is 14.8. The van der Waals surface area contributed by atoms with Crippen molar-refractivity contribution in [3.05, 3.63) is 101 Å². The third-order valence-corrected chi connectivity index (χ3v) is 7.21. The van der Waals surface area contributed by atoms with Gasteiger partial charge in [0.2, 0.25) is 5.95 Å². The minimum atomic E-state index is -0.290. The molecule has 3 heterocycles. The highest BCUT2D eigenvalue weighted by Crippen LogP contribution is 2.45. The minimum Gasteiger partial charge on any atom is -0.497 e. The first-order chi connectivity index (χ1) is 20.0. The van der Waals surface area contributed by atoms with Crippen LogP contribution in [0.2, 0.25) is 0 Å². The van der Waals surface area contributed by atoms with Crippen LogP contribution in [0.25, 0.3) is 5.70 Å². The number of ether oxygens (including phenoxy) is 3. The Morgan fingerprint density at radius 1 is 1.05 bits per heavy atom. The van der Waals surface area contributed by atoms with E-state index in [4.69, 9.17) is 30.7 Å². The molecule has 0 amide bonds. The van der Waals surface area contributed by atoms with E-state index in [0.29, 0.717) is 47.1 Å². The summed E-state index contributed by atoms with van der Waals surface area (Å²) in [6.45, 7) is 0.634. The summed E-state index contributed by atoms with van der Waals surface area (Å²) in [6, 6.07) is 15.5. The first-order valence-corrected chi connectivity index (χ1v) is 13.1. The summed E-state index contributed by atoms with van der Waals surface area (Å²) < 4.78 is 17.2. The topological polar surface area (TPSA) is 139 Å². The van der Waals surface area contributed by atoms with Crippen molar-refractivity contribution in [3.63, 3.8) is 0 Å². The zero-order valence-corrected chi connectivity index (χ0v) is 23.2. The molecule has 41 heavy (non-hydrogen) atoms. The Bertz CT molecular complexity index is 1590. The molecule has 4 N–H and O–H groups in total. The lowest BCUT2D eigenvalue weighted by atomic mass is 9.88. The second kappa shape index (κ2) is 12.0. The predicted molar refractivity (Wildman–Crippen MR) is 157 cm³/mol. The van der Waals surface area contributed by atoms with E-state index in [1.165, 1.54) is 5.56 Å². The molecule has 2 aromatic heterocycles. The first-order valence-electron chi connectivity index (χ1n) is 13.1. The van der Waals surface area contributed by atoms with Gasteiger partial charge < -0.3 is 30.6 Å². The predicted octanol–water partition coefficient (Wildman–Crippen LogP) is 3.84. The van der Waals surface area contributed by atoms with Gasteiger partial charge in [-0.15, -0.1) is 0 Å². The molecule has 0 bridgehead atoms. The maximum atomic E-state index is 12.2. The van der Waals surface area contributed by atoms with Crippen LogP contribution in [-0.4, -0.2) is 54.0 Å². The first kappa shape index (κ1) is 27.4. The summed E-state index contributed by atoms with van der Waals surface area (Å²) in [4.78, 5) is 27.3. The van der Waals surface area contributed by atoms with Crippen LogP contribution in [0.5, 0.6) is 17.2 Å². The summed E-state index contributed by atoms with van der Waals surface area (Å²) >= 11 is 0. The van der Waals surface area contributed by atoms with Gasteiger partial charge in [0, 0.05) is 42.6 Å². The molecular weight excluding hydrogens is 520 g/mol. The second-order valence-corrected chi connectivity index (χ2v) is 9.55. The van der Waals surface area contributed by atoms with Crippen LogP contribution in [0, 0.1) is 0 Å². The van der Waals surface area contributed by atoms with Crippen molar-refractivity contribution in [3.8, 4) is 17.2 Å². The molecular formula is C31H32N6O4. The van der Waals surface area contributed by atoms with Gasteiger partial charge in [-0.25, -0.2) is 4.98 Å². The quantitative estimate of drug-likeness (QED) is 0.233. The molecule has 1 aliphatic heterocycles. The van der Waals surface area contributed by atoms with Crippen molar-refractivity contribution in [2.45, 2.75) is 18.9 Å². The standard InChI is InChI=1S/C31H32N6O4/c1-39-22-8-7-20-9-12-37(28(23(20)17-22)25-6-4-5-11-34-25)26(10-13-38)24-15-19(16-27(40-2)29(24)41-3)14-21-18-35-31(33)36-30(21)32/h4-8,10-11,13,15-18,28H,9,12,14H2,1-3H3,(H4,32,33,35,36). The van der Waals surface area contributed by atoms with E-state index in [1.54, 1.807) is 39.8 Å². The molecule has 0 spiro atoms. The Balaban J connectivity index is 1.68. The summed E-state index contributed by atoms with van der Waals surface area (Å²) in [5.41, 5.74) is 17.9. The van der Waals surface area contributed by atoms with Gasteiger partial charge >= 0.3 is 0 Å². The van der Waals surface area contributed by atoms with E-state index >= 15 is 0 Å². The summed E-state index contributed by atoms with van der Waals surface area (Å²) in [5.74, 6) is 2.17. The maximum Gasteiger partial charge on any atom is 0.221 e. The number of nitrogen functional groups attached to an aromatic ring is 2. The second-order valence-electron chi connectivity index (χ2n) is 9.55. The number of nitrogens with zero attached hydrogens (tertiary/aromatic N) is 4. The van der Waals surface area contributed by atoms with Crippen molar-refractivity contribution in [1.29, 1.82) is 0 Å². The molecule has 0 fully saturated rings. The van der Waals surface area contributed by atoms with Gasteiger partial charge in [0.25, 0.3) is 0 Å². The minimum absolute atomic E-state index is 0.109. The van der Waals surface area contributed by atoms with Crippen LogP contribution in [0.1, 0.15) is 39.6 Å². The highest BCUT2D eigenvalue weighted by Gasteiger charge is 2.33. The fourth-order valence-electron chi connectivity index (χ4n) is 5.35. The molecule has 0 saturated carbocycles. The molecule has 1 atom stereocenters. The van der Waals surface area contributed by atoms with Gasteiger partial charge in [0.15, 0.2) is 11.5 Å². The summed E-state index contributed by atoms with van der Waals surface area (Å²) in [7, 11) is 4.81. The van der Waals surface area contributed by atoms with Crippen molar-refractivity contribution >= 4 is 23.7 Å². The van der Waals surface area contributed by atoms with Crippen LogP contribution in [0.3, 0.4) is 0 Å². The highest BCUT2D eigenvalue weighted by molar-refractivity contribution is 5.84. The van der Waals surface area contributed by atoms with E-state index in [0.717, 1.165) is 35.3 Å². The molecule has 210 valence electrons. The lowest BCUT2D eigenvalue weighted by Gasteiger charge is -2.40. The number of nitrogens with two attached hydrogens (primary N) is 2. The lowest BCUT2D eigenvalue weighted by molar-refractivity contribution is -0.104. The number of rotatable bonds is 9. The van der Waals surface area contributed by atoms with Crippen LogP contribution >= 0.6 is 0 Å². The number of allylic oxidation sites excluding steroid dienone is 1. The molecule has 10 nitrogen and oxygen atoms in total. The van der Waals surface area contributed by atoms with E-state index in [1.807, 2.05) is 42.5 Å². The molecule has 4 aromatic rings. The Kier molecular flexibility index (Phi) is 8.00. The number of hydrogen-bond acceptors (Lipinski definition) is 10. The Morgan fingerprint density at radius 2 is 1.90 bits per heavy atom. The maximum absolute atomic E-state index is 12.2. The molecule has 0 aliphatic carbocycles. The molecule has 0 saturated heterocycles. The number of aldehydes is 1. The number of hydrogen-bond donors (Lipinski definition) is 2. The van der Waals surface area contributed by atoms with Crippen LogP contribution in [0.15, 0.2) is 67.0 Å². The van der Waals surface area contributed by atoms with Crippen molar-refractivity contribution < 1.29 is 19.0 Å². The number of aromatic nitrogens is 3. The third-order valence-electron chi connectivity index (χ3n) is 7.21. The lowest BCUT2D eigenvalue weighted by Crippen LogP contribution is -2.35. The third kappa shape index (κ3) is 5.49. The number of anilines is 2. The number of fused-ring (bicyclic) bond motifs is 1. The zero-order chi connectivity index (χ0) is 28.9. The van der Waals surface area contributed by atoms with Gasteiger partial charge in [-0.05, 0) is 59.5 Å². The molecule has 10 heteroatoms. The van der Waals surface area contributed by atoms with Crippen molar-refractivity contribution in [2.24, 2.45) is 0 Å². The van der Waals surface area contributed by atoms with Crippen LogP contribution in [0.4, 0.5) is 11.8 Å². The summed E-state index contributed by atoms with van der Waals surface area (Å²) in [5, 5.41) is 0. The van der Waals surface area contributed by atoms with Gasteiger partial charge in [0.05, 0.1) is 38.8 Å². The monoisotopic (exact) mass is 552 g/mol. The van der Waals surface area contributed by atoms with E-state index < -0.39 is 0 Å². The van der Waals surface area contributed by atoms with Gasteiger partial charge in [-0.2, -0.15) is 4.98 Å².